The molecular formula is C15H24FNO3. The molecule has 1 aromatic carbocycles. The minimum Gasteiger partial charge on any atom is -0.488 e. The molecule has 20 heavy (non-hydrogen) atoms. The number of halogens is 1. The Hall–Kier alpha value is -1.17. The molecular weight excluding hydrogens is 261 g/mol. The first-order valence-corrected chi connectivity index (χ1v) is 6.96. The maximum absolute atomic E-state index is 13.8. The number of rotatable bonds is 11. The topological polar surface area (TPSA) is 39.7 Å². The van der Waals surface area contributed by atoms with Crippen molar-refractivity contribution in [3.63, 3.8) is 0 Å². The quantitative estimate of drug-likeness (QED) is 0.634. The normalized spacial score (nSPS) is 10.8. The Morgan fingerprint density at radius 2 is 2.00 bits per heavy atom. The summed E-state index contributed by atoms with van der Waals surface area (Å²) in [6.45, 7) is 5.58. The molecule has 0 spiro atoms. The third-order valence-corrected chi connectivity index (χ3v) is 2.64. The van der Waals surface area contributed by atoms with Crippen molar-refractivity contribution in [2.75, 3.05) is 40.1 Å². The van der Waals surface area contributed by atoms with Gasteiger partial charge >= 0.3 is 0 Å². The highest BCUT2D eigenvalue weighted by molar-refractivity contribution is 5.29. The van der Waals surface area contributed by atoms with Crippen molar-refractivity contribution in [3.8, 4) is 5.75 Å². The second-order valence-corrected chi connectivity index (χ2v) is 4.40. The summed E-state index contributed by atoms with van der Waals surface area (Å²) in [5, 5.41) is 3.16. The summed E-state index contributed by atoms with van der Waals surface area (Å²) in [6.07, 6.45) is 0.971. The molecule has 0 saturated carbocycles. The van der Waals surface area contributed by atoms with Crippen molar-refractivity contribution in [2.45, 2.75) is 19.9 Å². The first-order valence-electron chi connectivity index (χ1n) is 6.96. The van der Waals surface area contributed by atoms with Crippen molar-refractivity contribution < 1.29 is 18.6 Å². The van der Waals surface area contributed by atoms with Crippen LogP contribution in [0, 0.1) is 5.82 Å². The molecule has 5 heteroatoms. The molecule has 1 N–H and O–H groups in total. The van der Waals surface area contributed by atoms with E-state index in [4.69, 9.17) is 14.2 Å². The third kappa shape index (κ3) is 6.84. The van der Waals surface area contributed by atoms with Gasteiger partial charge in [-0.3, -0.25) is 0 Å². The number of methoxy groups -OCH3 is 1. The summed E-state index contributed by atoms with van der Waals surface area (Å²) >= 11 is 0. The molecule has 114 valence electrons. The molecule has 1 aromatic rings. The second kappa shape index (κ2) is 10.6. The van der Waals surface area contributed by atoms with E-state index in [1.807, 2.05) is 13.0 Å². The highest BCUT2D eigenvalue weighted by Crippen LogP contribution is 2.18. The fourth-order valence-corrected chi connectivity index (χ4v) is 1.64. The van der Waals surface area contributed by atoms with Crippen molar-refractivity contribution in [1.82, 2.24) is 5.32 Å². The van der Waals surface area contributed by atoms with Gasteiger partial charge in [0.2, 0.25) is 0 Å². The molecule has 0 aromatic heterocycles. The van der Waals surface area contributed by atoms with Crippen molar-refractivity contribution in [2.24, 2.45) is 0 Å². The molecule has 0 aliphatic carbocycles. The van der Waals surface area contributed by atoms with Crippen LogP contribution >= 0.6 is 0 Å². The summed E-state index contributed by atoms with van der Waals surface area (Å²) in [5.41, 5.74) is 0.883. The highest BCUT2D eigenvalue weighted by Gasteiger charge is 2.04. The zero-order valence-corrected chi connectivity index (χ0v) is 12.3. The average molecular weight is 285 g/mol. The molecule has 0 amide bonds. The summed E-state index contributed by atoms with van der Waals surface area (Å²) in [6, 6.07) is 5.00. The van der Waals surface area contributed by atoms with Gasteiger partial charge in [-0.2, -0.15) is 0 Å². The fourth-order valence-electron chi connectivity index (χ4n) is 1.64. The maximum atomic E-state index is 13.8. The van der Waals surface area contributed by atoms with Gasteiger partial charge in [-0.15, -0.1) is 0 Å². The zero-order valence-electron chi connectivity index (χ0n) is 12.3. The van der Waals surface area contributed by atoms with Crippen LogP contribution in [0.2, 0.25) is 0 Å². The molecule has 0 fully saturated rings. The SMILES string of the molecule is CCCOCCOc1ccc(CNCCOC)cc1F. The van der Waals surface area contributed by atoms with Crippen LogP contribution in [0.1, 0.15) is 18.9 Å². The lowest BCUT2D eigenvalue weighted by Crippen LogP contribution is -2.18. The summed E-state index contributed by atoms with van der Waals surface area (Å²) in [5.74, 6) is -0.0720. The second-order valence-electron chi connectivity index (χ2n) is 4.40. The van der Waals surface area contributed by atoms with Crippen molar-refractivity contribution in [1.29, 1.82) is 0 Å². The van der Waals surface area contributed by atoms with Gasteiger partial charge in [0.1, 0.15) is 6.61 Å². The van der Waals surface area contributed by atoms with Gasteiger partial charge in [0.25, 0.3) is 0 Å². The predicted octanol–water partition coefficient (Wildman–Crippen LogP) is 2.37. The lowest BCUT2D eigenvalue weighted by atomic mass is 10.2. The summed E-state index contributed by atoms with van der Waals surface area (Å²) in [7, 11) is 1.65. The molecule has 1 rings (SSSR count). The van der Waals surface area contributed by atoms with E-state index in [1.165, 1.54) is 6.07 Å². The Balaban J connectivity index is 2.31. The van der Waals surface area contributed by atoms with E-state index < -0.39 is 0 Å². The molecule has 0 atom stereocenters. The van der Waals surface area contributed by atoms with Crippen molar-refractivity contribution in [3.05, 3.63) is 29.6 Å². The largest absolute Gasteiger partial charge is 0.488 e. The standard InChI is InChI=1S/C15H24FNO3/c1-3-7-19-9-10-20-15-5-4-13(11-14(15)16)12-17-6-8-18-2/h4-5,11,17H,3,6-10,12H2,1-2H3. The van der Waals surface area contributed by atoms with Crippen LogP contribution in [0.5, 0.6) is 5.75 Å². The Labute approximate surface area is 120 Å². The van der Waals surface area contributed by atoms with E-state index in [0.29, 0.717) is 33.0 Å². The number of hydrogen-bond acceptors (Lipinski definition) is 4. The summed E-state index contributed by atoms with van der Waals surface area (Å²) in [4.78, 5) is 0. The minimum absolute atomic E-state index is 0.269. The van der Waals surface area contributed by atoms with Crippen LogP contribution in [0.25, 0.3) is 0 Å². The van der Waals surface area contributed by atoms with Crippen LogP contribution < -0.4 is 10.1 Å². The van der Waals surface area contributed by atoms with Gasteiger partial charge in [-0.1, -0.05) is 13.0 Å². The molecule has 0 aliphatic heterocycles. The van der Waals surface area contributed by atoms with Crippen LogP contribution in [0.4, 0.5) is 4.39 Å². The fraction of sp³-hybridized carbons (Fsp3) is 0.600. The molecule has 0 saturated heterocycles. The monoisotopic (exact) mass is 285 g/mol. The van der Waals surface area contributed by atoms with E-state index >= 15 is 0 Å². The number of nitrogens with one attached hydrogen (secondary N) is 1. The molecule has 4 nitrogen and oxygen atoms in total. The molecule has 0 unspecified atom stereocenters. The van der Waals surface area contributed by atoms with Gasteiger partial charge in [0.05, 0.1) is 13.2 Å². The van der Waals surface area contributed by atoms with E-state index in [9.17, 15) is 4.39 Å². The Morgan fingerprint density at radius 3 is 2.70 bits per heavy atom. The van der Waals surface area contributed by atoms with Crippen LogP contribution in [-0.2, 0) is 16.0 Å². The van der Waals surface area contributed by atoms with E-state index in [-0.39, 0.29) is 11.6 Å². The van der Waals surface area contributed by atoms with Crippen LogP contribution in [-0.4, -0.2) is 40.1 Å². The predicted molar refractivity (Wildman–Crippen MR) is 76.6 cm³/mol. The maximum Gasteiger partial charge on any atom is 0.165 e. The minimum atomic E-state index is -0.341. The summed E-state index contributed by atoms with van der Waals surface area (Å²) < 4.78 is 29.3. The van der Waals surface area contributed by atoms with Gasteiger partial charge < -0.3 is 19.5 Å². The van der Waals surface area contributed by atoms with Crippen LogP contribution in [0.15, 0.2) is 18.2 Å². The van der Waals surface area contributed by atoms with E-state index in [1.54, 1.807) is 13.2 Å². The van der Waals surface area contributed by atoms with E-state index in [2.05, 4.69) is 5.32 Å². The first-order chi connectivity index (χ1) is 9.77. The van der Waals surface area contributed by atoms with Gasteiger partial charge in [0.15, 0.2) is 11.6 Å². The lowest BCUT2D eigenvalue weighted by Gasteiger charge is -2.09. The lowest BCUT2D eigenvalue weighted by molar-refractivity contribution is 0.0991. The van der Waals surface area contributed by atoms with Crippen molar-refractivity contribution >= 4 is 0 Å². The van der Waals surface area contributed by atoms with Gasteiger partial charge in [-0.05, 0) is 24.1 Å². The zero-order chi connectivity index (χ0) is 14.6. The Morgan fingerprint density at radius 1 is 1.15 bits per heavy atom. The number of benzene rings is 1. The van der Waals surface area contributed by atoms with E-state index in [0.717, 1.165) is 18.5 Å². The average Bonchev–Trinajstić information content (AvgIpc) is 2.45. The number of hydrogen-bond donors (Lipinski definition) is 1. The first kappa shape index (κ1) is 16.9. The molecule has 0 radical (unpaired) electrons. The molecule has 0 heterocycles. The Bertz CT molecular complexity index is 374. The number of ether oxygens (including phenoxy) is 3. The highest BCUT2D eigenvalue weighted by atomic mass is 19.1. The smallest absolute Gasteiger partial charge is 0.165 e. The van der Waals surface area contributed by atoms with Gasteiger partial charge in [-0.25, -0.2) is 4.39 Å². The van der Waals surface area contributed by atoms with Gasteiger partial charge in [0, 0.05) is 26.8 Å². The Kier molecular flexibility index (Phi) is 8.95. The third-order valence-electron chi connectivity index (χ3n) is 2.64. The molecule has 0 bridgehead atoms. The van der Waals surface area contributed by atoms with Crippen LogP contribution in [0.3, 0.4) is 0 Å². The molecule has 0 aliphatic rings.